The molecule has 1 rings (SSSR count). The molecule has 0 aliphatic rings. The third-order valence-corrected chi connectivity index (χ3v) is 3.37. The van der Waals surface area contributed by atoms with Gasteiger partial charge in [-0.2, -0.15) is 0 Å². The molecule has 1 N–H and O–H groups in total. The van der Waals surface area contributed by atoms with Gasteiger partial charge in [0.15, 0.2) is 5.69 Å². The van der Waals surface area contributed by atoms with Crippen molar-refractivity contribution in [3.05, 3.63) is 17.5 Å². The lowest BCUT2D eigenvalue weighted by molar-refractivity contribution is 0.0912. The van der Waals surface area contributed by atoms with Crippen molar-refractivity contribution in [2.45, 2.75) is 33.6 Å². The molecular weight excluding hydrogens is 242 g/mol. The normalized spacial score (nSPS) is 14.4. The molecule has 0 aromatic carbocycles. The molecule has 0 saturated carbocycles. The van der Waals surface area contributed by atoms with Crippen LogP contribution in [-0.4, -0.2) is 43.1 Å². The average molecular weight is 267 g/mol. The first kappa shape index (κ1) is 15.7. The monoisotopic (exact) mass is 267 g/mol. The fourth-order valence-corrected chi connectivity index (χ4v) is 2.03. The molecular formula is C14H25N3O2. The van der Waals surface area contributed by atoms with E-state index in [2.05, 4.69) is 29.2 Å². The molecule has 1 aromatic rings. The van der Waals surface area contributed by atoms with Crippen molar-refractivity contribution in [3.8, 4) is 0 Å². The van der Waals surface area contributed by atoms with Crippen molar-refractivity contribution >= 4 is 5.91 Å². The molecule has 108 valence electrons. The van der Waals surface area contributed by atoms with E-state index in [1.165, 1.54) is 0 Å². The van der Waals surface area contributed by atoms with Gasteiger partial charge in [0.05, 0.1) is 0 Å². The van der Waals surface area contributed by atoms with Crippen LogP contribution in [0, 0.1) is 5.41 Å². The minimum atomic E-state index is -0.165. The van der Waals surface area contributed by atoms with E-state index in [9.17, 15) is 4.79 Å². The van der Waals surface area contributed by atoms with E-state index in [0.717, 1.165) is 25.1 Å². The predicted octanol–water partition coefficient (Wildman–Crippen LogP) is 1.94. The lowest BCUT2D eigenvalue weighted by Gasteiger charge is -2.31. The SMILES string of the molecule is CCc1cc(C(=O)NCC(C)(CC)CN(C)C)no1. The van der Waals surface area contributed by atoms with Crippen LogP contribution in [0.15, 0.2) is 10.6 Å². The van der Waals surface area contributed by atoms with Crippen molar-refractivity contribution in [1.29, 1.82) is 0 Å². The largest absolute Gasteiger partial charge is 0.361 e. The summed E-state index contributed by atoms with van der Waals surface area (Å²) in [4.78, 5) is 14.1. The van der Waals surface area contributed by atoms with Gasteiger partial charge in [0.1, 0.15) is 5.76 Å². The second-order valence-corrected chi connectivity index (χ2v) is 5.62. The van der Waals surface area contributed by atoms with Gasteiger partial charge < -0.3 is 14.7 Å². The first-order valence-electron chi connectivity index (χ1n) is 6.78. The molecule has 1 amide bonds. The van der Waals surface area contributed by atoms with Gasteiger partial charge in [-0.1, -0.05) is 25.9 Å². The van der Waals surface area contributed by atoms with Gasteiger partial charge in [0.2, 0.25) is 0 Å². The van der Waals surface area contributed by atoms with E-state index in [1.807, 2.05) is 21.0 Å². The summed E-state index contributed by atoms with van der Waals surface area (Å²) >= 11 is 0. The summed E-state index contributed by atoms with van der Waals surface area (Å²) in [7, 11) is 4.09. The maximum atomic E-state index is 12.0. The molecule has 0 fully saturated rings. The van der Waals surface area contributed by atoms with Crippen LogP contribution in [0.4, 0.5) is 0 Å². The van der Waals surface area contributed by atoms with Crippen molar-refractivity contribution in [1.82, 2.24) is 15.4 Å². The van der Waals surface area contributed by atoms with Gasteiger partial charge >= 0.3 is 0 Å². The number of nitrogens with one attached hydrogen (secondary N) is 1. The maximum absolute atomic E-state index is 12.0. The predicted molar refractivity (Wildman–Crippen MR) is 75.2 cm³/mol. The molecule has 0 aliphatic heterocycles. The van der Waals surface area contributed by atoms with Gasteiger partial charge in [0, 0.05) is 25.6 Å². The molecule has 0 radical (unpaired) electrons. The van der Waals surface area contributed by atoms with Crippen LogP contribution in [0.1, 0.15) is 43.4 Å². The number of aromatic nitrogens is 1. The maximum Gasteiger partial charge on any atom is 0.273 e. The Morgan fingerprint density at radius 3 is 2.63 bits per heavy atom. The Labute approximate surface area is 115 Å². The van der Waals surface area contributed by atoms with Crippen LogP contribution in [0.2, 0.25) is 0 Å². The zero-order valence-corrected chi connectivity index (χ0v) is 12.6. The third kappa shape index (κ3) is 4.67. The molecule has 5 nitrogen and oxygen atoms in total. The van der Waals surface area contributed by atoms with Crippen molar-refractivity contribution in [3.63, 3.8) is 0 Å². The molecule has 5 heteroatoms. The number of hydrogen-bond acceptors (Lipinski definition) is 4. The average Bonchev–Trinajstić information content (AvgIpc) is 2.84. The Balaban J connectivity index is 2.57. The zero-order chi connectivity index (χ0) is 14.5. The quantitative estimate of drug-likeness (QED) is 0.820. The number of carbonyl (C=O) groups is 1. The van der Waals surface area contributed by atoms with Gasteiger partial charge in [-0.15, -0.1) is 0 Å². The highest BCUT2D eigenvalue weighted by Gasteiger charge is 2.24. The van der Waals surface area contributed by atoms with Crippen LogP contribution < -0.4 is 5.32 Å². The molecule has 0 saturated heterocycles. The summed E-state index contributed by atoms with van der Waals surface area (Å²) in [5.41, 5.74) is 0.427. The molecule has 1 heterocycles. The lowest BCUT2D eigenvalue weighted by atomic mass is 9.87. The molecule has 1 unspecified atom stereocenters. The number of rotatable bonds is 7. The van der Waals surface area contributed by atoms with Gasteiger partial charge in [-0.25, -0.2) is 0 Å². The molecule has 1 atom stereocenters. The summed E-state index contributed by atoms with van der Waals surface area (Å²) in [6, 6.07) is 1.70. The Morgan fingerprint density at radius 2 is 2.16 bits per heavy atom. The van der Waals surface area contributed by atoms with Crippen LogP contribution in [0.3, 0.4) is 0 Å². The van der Waals surface area contributed by atoms with Crippen LogP contribution >= 0.6 is 0 Å². The third-order valence-electron chi connectivity index (χ3n) is 3.37. The highest BCUT2D eigenvalue weighted by atomic mass is 16.5. The van der Waals surface area contributed by atoms with Crippen LogP contribution in [0.5, 0.6) is 0 Å². The molecule has 0 bridgehead atoms. The zero-order valence-electron chi connectivity index (χ0n) is 12.6. The second-order valence-electron chi connectivity index (χ2n) is 5.62. The fourth-order valence-electron chi connectivity index (χ4n) is 2.03. The molecule has 1 aromatic heterocycles. The van der Waals surface area contributed by atoms with Crippen molar-refractivity contribution in [2.75, 3.05) is 27.2 Å². The first-order chi connectivity index (χ1) is 8.90. The molecule has 19 heavy (non-hydrogen) atoms. The van der Waals surface area contributed by atoms with Crippen molar-refractivity contribution in [2.24, 2.45) is 5.41 Å². The van der Waals surface area contributed by atoms with E-state index in [-0.39, 0.29) is 11.3 Å². The Hall–Kier alpha value is -1.36. The van der Waals surface area contributed by atoms with Crippen LogP contribution in [-0.2, 0) is 6.42 Å². The van der Waals surface area contributed by atoms with E-state index in [1.54, 1.807) is 6.07 Å². The van der Waals surface area contributed by atoms with Crippen molar-refractivity contribution < 1.29 is 9.32 Å². The number of carbonyl (C=O) groups excluding carboxylic acids is 1. The summed E-state index contributed by atoms with van der Waals surface area (Å²) in [5, 5.41) is 6.72. The summed E-state index contributed by atoms with van der Waals surface area (Å²) in [6.45, 7) is 7.85. The topological polar surface area (TPSA) is 58.4 Å². The molecule has 0 aliphatic carbocycles. The second kappa shape index (κ2) is 6.70. The van der Waals surface area contributed by atoms with E-state index in [0.29, 0.717) is 12.2 Å². The Kier molecular flexibility index (Phi) is 5.54. The molecule has 0 spiro atoms. The number of hydrogen-bond donors (Lipinski definition) is 1. The van der Waals surface area contributed by atoms with E-state index in [4.69, 9.17) is 4.52 Å². The standard InChI is InChI=1S/C14H25N3O2/c1-6-11-8-12(16-19-11)13(18)15-9-14(3,7-2)10-17(4)5/h8H,6-7,9-10H2,1-5H3,(H,15,18). The fraction of sp³-hybridized carbons (Fsp3) is 0.714. The van der Waals surface area contributed by atoms with Gasteiger partial charge in [-0.3, -0.25) is 4.79 Å². The van der Waals surface area contributed by atoms with Crippen LogP contribution in [0.25, 0.3) is 0 Å². The summed E-state index contributed by atoms with van der Waals surface area (Å²) in [5.74, 6) is 0.568. The minimum absolute atomic E-state index is 0.0660. The highest BCUT2D eigenvalue weighted by molar-refractivity contribution is 5.92. The highest BCUT2D eigenvalue weighted by Crippen LogP contribution is 2.20. The minimum Gasteiger partial charge on any atom is -0.361 e. The lowest BCUT2D eigenvalue weighted by Crippen LogP contribution is -2.41. The van der Waals surface area contributed by atoms with E-state index >= 15 is 0 Å². The van der Waals surface area contributed by atoms with E-state index < -0.39 is 0 Å². The Bertz CT molecular complexity index is 415. The number of amides is 1. The van der Waals surface area contributed by atoms with Gasteiger partial charge in [0.25, 0.3) is 5.91 Å². The number of nitrogens with zero attached hydrogens (tertiary/aromatic N) is 2. The summed E-state index contributed by atoms with van der Waals surface area (Å²) in [6.07, 6.45) is 1.75. The van der Waals surface area contributed by atoms with Gasteiger partial charge in [-0.05, 0) is 25.9 Å². The number of aryl methyl sites for hydroxylation is 1. The smallest absolute Gasteiger partial charge is 0.273 e. The Morgan fingerprint density at radius 1 is 1.47 bits per heavy atom. The first-order valence-corrected chi connectivity index (χ1v) is 6.78. The summed E-state index contributed by atoms with van der Waals surface area (Å²) < 4.78 is 5.04.